The van der Waals surface area contributed by atoms with E-state index in [9.17, 15) is 18.0 Å². The highest BCUT2D eigenvalue weighted by molar-refractivity contribution is 6.31. The van der Waals surface area contributed by atoms with E-state index in [-0.39, 0.29) is 11.4 Å². The van der Waals surface area contributed by atoms with E-state index in [0.717, 1.165) is 29.2 Å². The SMILES string of the molecule is COc1cc(Cl)c(C(F)(F)F)cc1NC(=O)Nc1ccc(-n2ccnc2-c2ccncc2)cc1. The summed E-state index contributed by atoms with van der Waals surface area (Å²) >= 11 is 5.70. The molecule has 0 spiro atoms. The molecule has 0 unspecified atom stereocenters. The van der Waals surface area contributed by atoms with Gasteiger partial charge in [-0.3, -0.25) is 9.55 Å². The van der Waals surface area contributed by atoms with Crippen LogP contribution in [0.15, 0.2) is 73.3 Å². The van der Waals surface area contributed by atoms with Gasteiger partial charge in [-0.15, -0.1) is 0 Å². The summed E-state index contributed by atoms with van der Waals surface area (Å²) in [6.07, 6.45) is 2.13. The molecule has 34 heavy (non-hydrogen) atoms. The Hall–Kier alpha value is -4.05. The van der Waals surface area contributed by atoms with Crippen molar-refractivity contribution in [3.05, 3.63) is 83.9 Å². The van der Waals surface area contributed by atoms with Crippen LogP contribution < -0.4 is 15.4 Å². The largest absolute Gasteiger partial charge is 0.495 e. The number of urea groups is 1. The van der Waals surface area contributed by atoms with Crippen LogP contribution >= 0.6 is 11.6 Å². The average Bonchev–Trinajstić information content (AvgIpc) is 3.30. The van der Waals surface area contributed by atoms with E-state index in [4.69, 9.17) is 16.3 Å². The highest BCUT2D eigenvalue weighted by atomic mass is 35.5. The molecule has 2 N–H and O–H groups in total. The second kappa shape index (κ2) is 9.44. The maximum Gasteiger partial charge on any atom is 0.417 e. The first-order valence-electron chi connectivity index (χ1n) is 9.83. The van der Waals surface area contributed by atoms with Gasteiger partial charge in [0.05, 0.1) is 23.4 Å². The molecule has 0 aliphatic rings. The van der Waals surface area contributed by atoms with Crippen LogP contribution in [0, 0.1) is 0 Å². The maximum absolute atomic E-state index is 13.2. The lowest BCUT2D eigenvalue weighted by Gasteiger charge is -2.16. The van der Waals surface area contributed by atoms with Gasteiger partial charge >= 0.3 is 12.2 Å². The fourth-order valence-corrected chi connectivity index (χ4v) is 3.52. The van der Waals surface area contributed by atoms with Crippen LogP contribution in [0.5, 0.6) is 5.75 Å². The Bertz CT molecular complexity index is 1310. The molecule has 0 saturated heterocycles. The number of imidazole rings is 1. The fraction of sp³-hybridized carbons (Fsp3) is 0.0870. The molecule has 11 heteroatoms. The Kier molecular flexibility index (Phi) is 6.42. The van der Waals surface area contributed by atoms with E-state index < -0.39 is 22.8 Å². The quantitative estimate of drug-likeness (QED) is 0.348. The maximum atomic E-state index is 13.2. The number of nitrogens with one attached hydrogen (secondary N) is 2. The van der Waals surface area contributed by atoms with Gasteiger partial charge in [-0.25, -0.2) is 9.78 Å². The third-order valence-corrected chi connectivity index (χ3v) is 5.14. The summed E-state index contributed by atoms with van der Waals surface area (Å²) in [5.41, 5.74) is 0.852. The predicted octanol–water partition coefficient (Wildman–Crippen LogP) is 6.26. The first-order valence-corrected chi connectivity index (χ1v) is 10.2. The number of rotatable bonds is 5. The van der Waals surface area contributed by atoms with E-state index in [1.807, 2.05) is 16.7 Å². The van der Waals surface area contributed by atoms with Crippen LogP contribution in [0.25, 0.3) is 17.1 Å². The number of halogens is 4. The topological polar surface area (TPSA) is 81.1 Å². The van der Waals surface area contributed by atoms with Crippen molar-refractivity contribution in [1.29, 1.82) is 0 Å². The first-order chi connectivity index (χ1) is 16.3. The molecule has 4 rings (SSSR count). The zero-order chi connectivity index (χ0) is 24.3. The molecule has 0 bridgehead atoms. The third kappa shape index (κ3) is 4.96. The number of alkyl halides is 3. The number of ether oxygens (including phenoxy) is 1. The number of benzene rings is 2. The molecule has 2 amide bonds. The Morgan fingerprint density at radius 2 is 1.74 bits per heavy atom. The van der Waals surface area contributed by atoms with Gasteiger partial charge in [0.25, 0.3) is 0 Å². The minimum Gasteiger partial charge on any atom is -0.495 e. The summed E-state index contributed by atoms with van der Waals surface area (Å²) in [6, 6.07) is 11.5. The van der Waals surface area contributed by atoms with Crippen LogP contribution in [0.3, 0.4) is 0 Å². The second-order valence-electron chi connectivity index (χ2n) is 7.01. The number of amides is 2. The minimum absolute atomic E-state index is 0.00718. The van der Waals surface area contributed by atoms with Crippen molar-refractivity contribution in [2.45, 2.75) is 6.18 Å². The number of pyridine rings is 1. The number of nitrogens with zero attached hydrogens (tertiary/aromatic N) is 3. The third-order valence-electron chi connectivity index (χ3n) is 4.83. The van der Waals surface area contributed by atoms with Crippen molar-refractivity contribution in [2.24, 2.45) is 0 Å². The number of hydrogen-bond donors (Lipinski definition) is 2. The smallest absolute Gasteiger partial charge is 0.417 e. The molecule has 0 aliphatic carbocycles. The van der Waals surface area contributed by atoms with Gasteiger partial charge in [0.15, 0.2) is 0 Å². The number of hydrogen-bond acceptors (Lipinski definition) is 4. The first kappa shape index (κ1) is 23.1. The van der Waals surface area contributed by atoms with Crippen molar-refractivity contribution in [2.75, 3.05) is 17.7 Å². The molecule has 0 fully saturated rings. The molecule has 0 radical (unpaired) electrons. The molecule has 4 aromatic rings. The Labute approximate surface area is 197 Å². The number of carbonyl (C=O) groups is 1. The molecule has 2 aromatic carbocycles. The van der Waals surface area contributed by atoms with Crippen LogP contribution in [0.1, 0.15) is 5.56 Å². The summed E-state index contributed by atoms with van der Waals surface area (Å²) in [5, 5.41) is 4.42. The van der Waals surface area contributed by atoms with Gasteiger partial charge in [-0.1, -0.05) is 11.6 Å². The lowest BCUT2D eigenvalue weighted by molar-refractivity contribution is -0.137. The average molecular weight is 488 g/mol. The summed E-state index contributed by atoms with van der Waals surface area (Å²) in [7, 11) is 1.26. The van der Waals surface area contributed by atoms with Gasteiger partial charge in [-0.2, -0.15) is 13.2 Å². The molecule has 2 heterocycles. The molecule has 0 saturated carbocycles. The Morgan fingerprint density at radius 3 is 2.38 bits per heavy atom. The van der Waals surface area contributed by atoms with Gasteiger partial charge in [-0.05, 0) is 42.5 Å². The van der Waals surface area contributed by atoms with Crippen LogP contribution in [0.2, 0.25) is 5.02 Å². The molecule has 7 nitrogen and oxygen atoms in total. The summed E-state index contributed by atoms with van der Waals surface area (Å²) < 4.78 is 46.4. The monoisotopic (exact) mass is 487 g/mol. The zero-order valence-corrected chi connectivity index (χ0v) is 18.4. The number of methoxy groups -OCH3 is 1. The van der Waals surface area contributed by atoms with Crippen LogP contribution in [0.4, 0.5) is 29.3 Å². The van der Waals surface area contributed by atoms with Crippen molar-refractivity contribution >= 4 is 29.0 Å². The van der Waals surface area contributed by atoms with Crippen LogP contribution in [-0.2, 0) is 6.18 Å². The molecule has 174 valence electrons. The number of aromatic nitrogens is 3. The van der Waals surface area contributed by atoms with E-state index in [2.05, 4.69) is 20.6 Å². The normalized spacial score (nSPS) is 11.2. The molecule has 0 atom stereocenters. The zero-order valence-electron chi connectivity index (χ0n) is 17.6. The lowest BCUT2D eigenvalue weighted by atomic mass is 10.1. The van der Waals surface area contributed by atoms with Crippen molar-refractivity contribution in [1.82, 2.24) is 14.5 Å². The van der Waals surface area contributed by atoms with Gasteiger partial charge in [0.1, 0.15) is 11.6 Å². The van der Waals surface area contributed by atoms with Crippen molar-refractivity contribution < 1.29 is 22.7 Å². The molecular formula is C23H17ClF3N5O2. The number of carbonyl (C=O) groups excluding carboxylic acids is 1. The highest BCUT2D eigenvalue weighted by Crippen LogP contribution is 2.40. The number of anilines is 2. The van der Waals surface area contributed by atoms with Gasteiger partial charge < -0.3 is 15.4 Å². The van der Waals surface area contributed by atoms with E-state index in [1.54, 1.807) is 49.1 Å². The van der Waals surface area contributed by atoms with E-state index >= 15 is 0 Å². The van der Waals surface area contributed by atoms with Gasteiger partial charge in [0.2, 0.25) is 0 Å². The highest BCUT2D eigenvalue weighted by Gasteiger charge is 2.34. The van der Waals surface area contributed by atoms with Crippen molar-refractivity contribution in [3.8, 4) is 22.8 Å². The van der Waals surface area contributed by atoms with Crippen molar-refractivity contribution in [3.63, 3.8) is 0 Å². The Balaban J connectivity index is 1.50. The van der Waals surface area contributed by atoms with E-state index in [1.165, 1.54) is 7.11 Å². The molecule has 0 aliphatic heterocycles. The molecular weight excluding hydrogens is 471 g/mol. The Morgan fingerprint density at radius 1 is 1.03 bits per heavy atom. The summed E-state index contributed by atoms with van der Waals surface area (Å²) in [5.74, 6) is 0.711. The van der Waals surface area contributed by atoms with Gasteiger partial charge in [0, 0.05) is 47.8 Å². The molecule has 2 aromatic heterocycles. The van der Waals surface area contributed by atoms with Crippen LogP contribution in [-0.4, -0.2) is 27.7 Å². The fourth-order valence-electron chi connectivity index (χ4n) is 3.26. The second-order valence-corrected chi connectivity index (χ2v) is 7.42. The predicted molar refractivity (Wildman–Crippen MR) is 122 cm³/mol. The minimum atomic E-state index is -4.69. The summed E-state index contributed by atoms with van der Waals surface area (Å²) in [4.78, 5) is 20.8. The lowest BCUT2D eigenvalue weighted by Crippen LogP contribution is -2.20. The standard InChI is InChI=1S/C23H17ClF3N5O2/c1-34-20-13-18(24)17(23(25,26)27)12-19(20)31-22(33)30-15-2-4-16(5-3-15)32-11-10-29-21(32)14-6-8-28-9-7-14/h2-13H,1H3,(H2,30,31,33). The van der Waals surface area contributed by atoms with E-state index in [0.29, 0.717) is 5.69 Å². The summed E-state index contributed by atoms with van der Waals surface area (Å²) in [6.45, 7) is 0.